The maximum atomic E-state index is 12.3. The number of nitrogens with two attached hydrogens (primary N) is 1. The van der Waals surface area contributed by atoms with Gasteiger partial charge in [0.05, 0.1) is 16.0 Å². The van der Waals surface area contributed by atoms with Gasteiger partial charge in [-0.3, -0.25) is 19.5 Å². The number of rotatable bonds is 8. The summed E-state index contributed by atoms with van der Waals surface area (Å²) in [7, 11) is 0. The van der Waals surface area contributed by atoms with Crippen molar-refractivity contribution in [3.05, 3.63) is 100 Å². The molecule has 8 heteroatoms. The summed E-state index contributed by atoms with van der Waals surface area (Å²) in [5, 5.41) is 11.2. The smallest absolute Gasteiger partial charge is 0.323 e. The van der Waals surface area contributed by atoms with Crippen molar-refractivity contribution in [1.82, 2.24) is 9.55 Å². The van der Waals surface area contributed by atoms with Crippen LogP contribution in [0, 0.1) is 10.1 Å². The molecule has 0 fully saturated rings. The van der Waals surface area contributed by atoms with Gasteiger partial charge in [-0.2, -0.15) is 0 Å². The van der Waals surface area contributed by atoms with Gasteiger partial charge >= 0.3 is 5.97 Å². The summed E-state index contributed by atoms with van der Waals surface area (Å²) in [4.78, 5) is 27.7. The Morgan fingerprint density at radius 2 is 1.75 bits per heavy atom. The Kier molecular flexibility index (Phi) is 6.23. The van der Waals surface area contributed by atoms with E-state index in [1.807, 2.05) is 65.2 Å². The van der Waals surface area contributed by atoms with Crippen molar-refractivity contribution in [2.45, 2.75) is 25.5 Å². The number of non-ortho nitro benzene ring substituents is 1. The first-order valence-electron chi connectivity index (χ1n) is 10.2. The topological polar surface area (TPSA) is 113 Å². The second-order valence-electron chi connectivity index (χ2n) is 7.37. The molecule has 1 aromatic heterocycles. The minimum atomic E-state index is -0.808. The Morgan fingerprint density at radius 3 is 2.44 bits per heavy atom. The third-order valence-corrected chi connectivity index (χ3v) is 5.14. The number of carbonyl (C=O) groups is 1. The molecule has 0 aliphatic rings. The Labute approximate surface area is 184 Å². The molecule has 0 aliphatic carbocycles. The van der Waals surface area contributed by atoms with Crippen LogP contribution in [0.2, 0.25) is 0 Å². The molecule has 3 aromatic carbocycles. The molecular formula is C24H22N4O4. The van der Waals surface area contributed by atoms with E-state index >= 15 is 0 Å². The molecule has 4 rings (SSSR count). The monoisotopic (exact) mass is 430 g/mol. The number of nitro groups is 1. The van der Waals surface area contributed by atoms with E-state index in [1.54, 1.807) is 6.07 Å². The van der Waals surface area contributed by atoms with Crippen LogP contribution in [-0.4, -0.2) is 26.5 Å². The van der Waals surface area contributed by atoms with Crippen LogP contribution in [-0.2, 0) is 22.6 Å². The molecule has 0 bridgehead atoms. The molecule has 1 atom stereocenters. The predicted octanol–water partition coefficient (Wildman–Crippen LogP) is 3.94. The Bertz CT molecular complexity index is 1240. The van der Waals surface area contributed by atoms with Gasteiger partial charge in [0.1, 0.15) is 18.5 Å². The molecule has 1 heterocycles. The minimum Gasteiger partial charge on any atom is -0.460 e. The number of ether oxygens (including phenoxy) is 1. The van der Waals surface area contributed by atoms with Crippen LogP contribution < -0.4 is 5.73 Å². The van der Waals surface area contributed by atoms with Gasteiger partial charge in [0.25, 0.3) is 5.69 Å². The van der Waals surface area contributed by atoms with Crippen LogP contribution in [0.1, 0.15) is 17.8 Å². The number of carbonyl (C=O) groups excluding carboxylic acids is 1. The minimum absolute atomic E-state index is 0.0250. The van der Waals surface area contributed by atoms with Gasteiger partial charge < -0.3 is 10.5 Å². The summed E-state index contributed by atoms with van der Waals surface area (Å²) in [6.45, 7) is 0.166. The number of aryl methyl sites for hydroxylation is 1. The molecule has 2 N–H and O–H groups in total. The molecule has 1 unspecified atom stereocenters. The highest BCUT2D eigenvalue weighted by Gasteiger charge is 2.20. The van der Waals surface area contributed by atoms with Crippen molar-refractivity contribution >= 4 is 22.7 Å². The van der Waals surface area contributed by atoms with Crippen LogP contribution >= 0.6 is 0 Å². The van der Waals surface area contributed by atoms with E-state index < -0.39 is 16.9 Å². The molecule has 0 radical (unpaired) electrons. The van der Waals surface area contributed by atoms with Crippen molar-refractivity contribution in [1.29, 1.82) is 0 Å². The van der Waals surface area contributed by atoms with Crippen LogP contribution in [0.25, 0.3) is 16.7 Å². The van der Waals surface area contributed by atoms with Crippen molar-refractivity contribution in [3.63, 3.8) is 0 Å². The number of para-hydroxylation sites is 1. The molecule has 162 valence electrons. The molecular weight excluding hydrogens is 408 g/mol. The third kappa shape index (κ3) is 4.65. The third-order valence-electron chi connectivity index (χ3n) is 5.14. The lowest BCUT2D eigenvalue weighted by atomic mass is 10.1. The van der Waals surface area contributed by atoms with E-state index in [-0.39, 0.29) is 12.3 Å². The number of aromatic nitrogens is 2. The van der Waals surface area contributed by atoms with Gasteiger partial charge in [-0.05, 0) is 30.2 Å². The largest absolute Gasteiger partial charge is 0.460 e. The summed E-state index contributed by atoms with van der Waals surface area (Å²) in [5.41, 5.74) is 9.07. The molecule has 0 saturated carbocycles. The van der Waals surface area contributed by atoms with E-state index in [1.165, 1.54) is 12.1 Å². The maximum absolute atomic E-state index is 12.3. The summed E-state index contributed by atoms with van der Waals surface area (Å²) < 4.78 is 7.26. The van der Waals surface area contributed by atoms with Gasteiger partial charge in [0, 0.05) is 24.2 Å². The van der Waals surface area contributed by atoms with Crippen LogP contribution in [0.3, 0.4) is 0 Å². The molecule has 0 spiro atoms. The quantitative estimate of drug-likeness (QED) is 0.257. The van der Waals surface area contributed by atoms with E-state index in [0.717, 1.165) is 16.8 Å². The average molecular weight is 430 g/mol. The number of imidazole rings is 1. The highest BCUT2D eigenvalue weighted by molar-refractivity contribution is 5.81. The highest BCUT2D eigenvalue weighted by atomic mass is 16.6. The fraction of sp³-hybridized carbons (Fsp3) is 0.167. The first-order valence-corrected chi connectivity index (χ1v) is 10.2. The van der Waals surface area contributed by atoms with Gasteiger partial charge in [-0.15, -0.1) is 0 Å². The fourth-order valence-corrected chi connectivity index (χ4v) is 3.50. The zero-order valence-electron chi connectivity index (χ0n) is 17.3. The van der Waals surface area contributed by atoms with Gasteiger partial charge in [-0.25, -0.2) is 4.98 Å². The van der Waals surface area contributed by atoms with E-state index in [9.17, 15) is 14.9 Å². The summed E-state index contributed by atoms with van der Waals surface area (Å²) in [6.07, 6.45) is 0.727. The Morgan fingerprint density at radius 1 is 1.06 bits per heavy atom. The van der Waals surface area contributed by atoms with Crippen LogP contribution in [0.4, 0.5) is 5.69 Å². The normalized spacial score (nSPS) is 11.9. The zero-order valence-corrected chi connectivity index (χ0v) is 17.3. The molecule has 0 aliphatic heterocycles. The van der Waals surface area contributed by atoms with Gasteiger partial charge in [0.2, 0.25) is 0 Å². The fourth-order valence-electron chi connectivity index (χ4n) is 3.50. The second kappa shape index (κ2) is 9.40. The molecule has 0 amide bonds. The first kappa shape index (κ1) is 21.2. The second-order valence-corrected chi connectivity index (χ2v) is 7.37. The zero-order chi connectivity index (χ0) is 22.5. The number of hydrogen-bond acceptors (Lipinski definition) is 6. The highest BCUT2D eigenvalue weighted by Crippen LogP contribution is 2.26. The van der Waals surface area contributed by atoms with Crippen molar-refractivity contribution in [3.8, 4) is 5.69 Å². The number of hydrogen-bond donors (Lipinski definition) is 1. The van der Waals surface area contributed by atoms with Crippen molar-refractivity contribution in [2.24, 2.45) is 5.73 Å². The van der Waals surface area contributed by atoms with E-state index in [4.69, 9.17) is 10.5 Å². The number of nitro benzene ring substituents is 1. The van der Waals surface area contributed by atoms with Crippen LogP contribution in [0.5, 0.6) is 0 Å². The van der Waals surface area contributed by atoms with Gasteiger partial charge in [0.15, 0.2) is 0 Å². The van der Waals surface area contributed by atoms with Crippen molar-refractivity contribution < 1.29 is 14.5 Å². The van der Waals surface area contributed by atoms with Crippen LogP contribution in [0.15, 0.2) is 78.9 Å². The number of benzene rings is 3. The first-order chi connectivity index (χ1) is 15.5. The lowest BCUT2D eigenvalue weighted by Crippen LogP contribution is -2.33. The number of esters is 1. The van der Waals surface area contributed by atoms with Crippen molar-refractivity contribution in [2.75, 3.05) is 0 Å². The Hall–Kier alpha value is -4.04. The summed E-state index contributed by atoms with van der Waals surface area (Å²) in [5.74, 6) is 0.185. The predicted molar refractivity (Wildman–Crippen MR) is 120 cm³/mol. The lowest BCUT2D eigenvalue weighted by molar-refractivity contribution is -0.384. The van der Waals surface area contributed by atoms with E-state index in [2.05, 4.69) is 4.98 Å². The molecule has 8 nitrogen and oxygen atoms in total. The number of nitrogens with zero attached hydrogens (tertiary/aromatic N) is 3. The summed E-state index contributed by atoms with van der Waals surface area (Å²) >= 11 is 0. The molecule has 32 heavy (non-hydrogen) atoms. The SMILES string of the molecule is NC(CCc1nc2cc([N+](=O)[O-])ccc2n1-c1ccccc1)C(=O)OCc1ccccc1. The molecule has 0 saturated heterocycles. The Balaban J connectivity index is 1.53. The van der Waals surface area contributed by atoms with E-state index in [0.29, 0.717) is 24.2 Å². The lowest BCUT2D eigenvalue weighted by Gasteiger charge is -2.13. The standard InChI is InChI=1S/C24H22N4O4/c25-20(24(29)32-16-17-7-3-1-4-8-17)12-14-23-26-21-15-19(28(30)31)11-13-22(21)27(23)18-9-5-2-6-10-18/h1-11,13,15,20H,12,14,16,25H2. The van der Waals surface area contributed by atoms with Gasteiger partial charge in [-0.1, -0.05) is 48.5 Å². The maximum Gasteiger partial charge on any atom is 0.323 e. The molecule has 4 aromatic rings. The summed E-state index contributed by atoms with van der Waals surface area (Å²) in [6, 6.07) is 22.8. The number of fused-ring (bicyclic) bond motifs is 1. The average Bonchev–Trinajstić information content (AvgIpc) is 3.19.